The van der Waals surface area contributed by atoms with E-state index in [2.05, 4.69) is 10.5 Å². The molecule has 4 rings (SSSR count). The van der Waals surface area contributed by atoms with Gasteiger partial charge < -0.3 is 29.0 Å². The molecule has 9 heteroatoms. The van der Waals surface area contributed by atoms with E-state index in [1.807, 2.05) is 24.3 Å². The highest BCUT2D eigenvalue weighted by Crippen LogP contribution is 2.20. The zero-order valence-electron chi connectivity index (χ0n) is 20.6. The zero-order chi connectivity index (χ0) is 25.3. The first-order chi connectivity index (χ1) is 17.6. The van der Waals surface area contributed by atoms with Gasteiger partial charge in [0.2, 0.25) is 0 Å². The van der Waals surface area contributed by atoms with E-state index < -0.39 is 0 Å². The summed E-state index contributed by atoms with van der Waals surface area (Å²) in [4.78, 5) is 27.6. The van der Waals surface area contributed by atoms with E-state index in [9.17, 15) is 9.59 Å². The van der Waals surface area contributed by atoms with Crippen molar-refractivity contribution in [3.8, 4) is 11.5 Å². The van der Waals surface area contributed by atoms with Gasteiger partial charge in [-0.15, -0.1) is 0 Å². The maximum atomic E-state index is 13.3. The van der Waals surface area contributed by atoms with Crippen molar-refractivity contribution in [2.75, 3.05) is 33.9 Å². The fourth-order valence-corrected chi connectivity index (χ4v) is 4.08. The molecule has 0 radical (unpaired) electrons. The Balaban J connectivity index is 1.38. The lowest BCUT2D eigenvalue weighted by molar-refractivity contribution is 0.0486. The highest BCUT2D eigenvalue weighted by Gasteiger charge is 2.25. The van der Waals surface area contributed by atoms with Crippen molar-refractivity contribution < 1.29 is 28.3 Å². The summed E-state index contributed by atoms with van der Waals surface area (Å²) in [5, 5.41) is 6.77. The number of nitrogens with one attached hydrogen (secondary N) is 1. The molecular weight excluding hydrogens is 462 g/mol. The fourth-order valence-electron chi connectivity index (χ4n) is 4.08. The van der Waals surface area contributed by atoms with E-state index in [4.69, 9.17) is 18.7 Å². The number of ether oxygens (including phenoxy) is 3. The number of nitrogens with zero attached hydrogens (tertiary/aromatic N) is 2. The number of benzene rings is 2. The Bertz CT molecular complexity index is 1150. The summed E-state index contributed by atoms with van der Waals surface area (Å²) in [5.74, 6) is 1.31. The van der Waals surface area contributed by atoms with Gasteiger partial charge in [0.25, 0.3) is 11.8 Å². The number of hydrogen-bond donors (Lipinski definition) is 1. The Kier molecular flexibility index (Phi) is 8.57. The maximum Gasteiger partial charge on any atom is 0.273 e. The van der Waals surface area contributed by atoms with Gasteiger partial charge in [-0.3, -0.25) is 9.59 Å². The third-order valence-electron chi connectivity index (χ3n) is 6.05. The molecule has 1 saturated heterocycles. The van der Waals surface area contributed by atoms with Crippen molar-refractivity contribution in [2.24, 2.45) is 0 Å². The molecule has 190 valence electrons. The number of carbonyl (C=O) groups is 2. The smallest absolute Gasteiger partial charge is 0.273 e. The summed E-state index contributed by atoms with van der Waals surface area (Å²) in [6, 6.07) is 16.3. The van der Waals surface area contributed by atoms with Gasteiger partial charge in [-0.1, -0.05) is 23.4 Å². The largest absolute Gasteiger partial charge is 0.497 e. The first-order valence-electron chi connectivity index (χ1n) is 12.0. The van der Waals surface area contributed by atoms with E-state index in [0.717, 1.165) is 24.2 Å². The number of carbonyl (C=O) groups excluding carboxylic acids is 2. The third-order valence-corrected chi connectivity index (χ3v) is 6.05. The second-order valence-electron chi connectivity index (χ2n) is 8.59. The lowest BCUT2D eigenvalue weighted by Gasteiger charge is -2.24. The van der Waals surface area contributed by atoms with Crippen LogP contribution in [-0.2, 0) is 17.7 Å². The van der Waals surface area contributed by atoms with Crippen LogP contribution in [0.5, 0.6) is 11.5 Å². The van der Waals surface area contributed by atoms with Crippen LogP contribution in [0.15, 0.2) is 59.1 Å². The number of methoxy groups -OCH3 is 2. The fraction of sp³-hybridized carbons (Fsp3) is 0.370. The van der Waals surface area contributed by atoms with Crippen LogP contribution in [0.2, 0.25) is 0 Å². The molecule has 2 amide bonds. The number of rotatable bonds is 11. The summed E-state index contributed by atoms with van der Waals surface area (Å²) in [5.41, 5.74) is 1.76. The number of hydrogen-bond acceptors (Lipinski definition) is 7. The van der Waals surface area contributed by atoms with E-state index in [1.165, 1.54) is 0 Å². The number of amides is 2. The average Bonchev–Trinajstić information content (AvgIpc) is 3.61. The third kappa shape index (κ3) is 6.63. The van der Waals surface area contributed by atoms with Crippen molar-refractivity contribution in [3.05, 3.63) is 77.2 Å². The Morgan fingerprint density at radius 3 is 2.61 bits per heavy atom. The van der Waals surface area contributed by atoms with Crippen LogP contribution >= 0.6 is 0 Å². The molecule has 2 heterocycles. The van der Waals surface area contributed by atoms with Crippen LogP contribution < -0.4 is 14.8 Å². The van der Waals surface area contributed by atoms with Crippen LogP contribution in [-0.4, -0.2) is 61.9 Å². The Morgan fingerprint density at radius 2 is 1.89 bits per heavy atom. The van der Waals surface area contributed by atoms with Crippen molar-refractivity contribution in [3.63, 3.8) is 0 Å². The minimum atomic E-state index is -0.330. The first kappa shape index (κ1) is 25.2. The molecule has 3 aromatic rings. The molecule has 1 aliphatic rings. The molecule has 0 spiro atoms. The van der Waals surface area contributed by atoms with Crippen LogP contribution in [0.25, 0.3) is 0 Å². The lowest BCUT2D eigenvalue weighted by atomic mass is 10.1. The van der Waals surface area contributed by atoms with Crippen LogP contribution in [0, 0.1) is 0 Å². The van der Waals surface area contributed by atoms with Gasteiger partial charge in [0, 0.05) is 31.3 Å². The van der Waals surface area contributed by atoms with E-state index >= 15 is 0 Å². The predicted octanol–water partition coefficient (Wildman–Crippen LogP) is 3.49. The quantitative estimate of drug-likeness (QED) is 0.436. The average molecular weight is 494 g/mol. The molecule has 1 N–H and O–H groups in total. The van der Waals surface area contributed by atoms with Gasteiger partial charge >= 0.3 is 0 Å². The molecule has 0 saturated carbocycles. The highest BCUT2D eigenvalue weighted by molar-refractivity contribution is 5.95. The molecule has 36 heavy (non-hydrogen) atoms. The van der Waals surface area contributed by atoms with Gasteiger partial charge in [-0.05, 0) is 55.2 Å². The van der Waals surface area contributed by atoms with E-state index in [0.29, 0.717) is 43.2 Å². The standard InChI is InChI=1S/C27H31N3O6/c1-33-21-10-8-19(9-11-21)12-13-28-26(31)25-16-24(36-29-25)18-30(17-23-7-4-14-35-23)27(32)20-5-3-6-22(15-20)34-2/h3,5-6,8-11,15-16,23H,4,7,12-14,17-18H2,1-2H3,(H,28,31). The van der Waals surface area contributed by atoms with Gasteiger partial charge in [-0.25, -0.2) is 0 Å². The molecule has 1 unspecified atom stereocenters. The van der Waals surface area contributed by atoms with Crippen molar-refractivity contribution in [1.82, 2.24) is 15.4 Å². The van der Waals surface area contributed by atoms with Crippen molar-refractivity contribution in [2.45, 2.75) is 31.9 Å². The first-order valence-corrected chi connectivity index (χ1v) is 12.0. The summed E-state index contributed by atoms with van der Waals surface area (Å²) >= 11 is 0. The van der Waals surface area contributed by atoms with Gasteiger partial charge in [0.05, 0.1) is 26.9 Å². The summed E-state index contributed by atoms with van der Waals surface area (Å²) < 4.78 is 21.6. The molecule has 9 nitrogen and oxygen atoms in total. The summed E-state index contributed by atoms with van der Waals surface area (Å²) in [7, 11) is 3.18. The second kappa shape index (κ2) is 12.2. The summed E-state index contributed by atoms with van der Waals surface area (Å²) in [6.07, 6.45) is 2.49. The van der Waals surface area contributed by atoms with Crippen LogP contribution in [0.4, 0.5) is 0 Å². The van der Waals surface area contributed by atoms with Gasteiger partial charge in [0.1, 0.15) is 11.5 Å². The second-order valence-corrected chi connectivity index (χ2v) is 8.59. The van der Waals surface area contributed by atoms with E-state index in [1.54, 1.807) is 49.5 Å². The van der Waals surface area contributed by atoms with Crippen molar-refractivity contribution >= 4 is 11.8 Å². The van der Waals surface area contributed by atoms with Crippen LogP contribution in [0.1, 0.15) is 45.0 Å². The zero-order valence-corrected chi connectivity index (χ0v) is 20.6. The molecule has 1 aromatic heterocycles. The highest BCUT2D eigenvalue weighted by atomic mass is 16.5. The SMILES string of the molecule is COc1ccc(CCNC(=O)c2cc(CN(CC3CCCO3)C(=O)c3cccc(OC)c3)on2)cc1. The normalized spacial score (nSPS) is 14.9. The van der Waals surface area contributed by atoms with Gasteiger partial charge in [-0.2, -0.15) is 0 Å². The molecule has 0 aliphatic carbocycles. The molecule has 1 aliphatic heterocycles. The molecule has 2 aromatic carbocycles. The molecule has 0 bridgehead atoms. The summed E-state index contributed by atoms with van der Waals surface area (Å²) in [6.45, 7) is 1.73. The Labute approximate surface area is 210 Å². The molecular formula is C27H31N3O6. The minimum absolute atomic E-state index is 0.0387. The topological polar surface area (TPSA) is 103 Å². The van der Waals surface area contributed by atoms with Gasteiger partial charge in [0.15, 0.2) is 11.5 Å². The Morgan fingerprint density at radius 1 is 1.08 bits per heavy atom. The van der Waals surface area contributed by atoms with Crippen LogP contribution in [0.3, 0.4) is 0 Å². The van der Waals surface area contributed by atoms with Crippen molar-refractivity contribution in [1.29, 1.82) is 0 Å². The predicted molar refractivity (Wildman–Crippen MR) is 132 cm³/mol. The number of aromatic nitrogens is 1. The van der Waals surface area contributed by atoms with E-state index in [-0.39, 0.29) is 30.2 Å². The Hall–Kier alpha value is -3.85. The minimum Gasteiger partial charge on any atom is -0.497 e. The maximum absolute atomic E-state index is 13.3. The molecule has 1 fully saturated rings. The lowest BCUT2D eigenvalue weighted by Crippen LogP contribution is -2.36. The monoisotopic (exact) mass is 493 g/mol. The molecule has 1 atom stereocenters.